The number of hydrogen-bond acceptors (Lipinski definition) is 3. The van der Waals surface area contributed by atoms with E-state index in [1.807, 2.05) is 43.3 Å². The van der Waals surface area contributed by atoms with Crippen molar-refractivity contribution in [2.24, 2.45) is 0 Å². The average molecular weight is 469 g/mol. The van der Waals surface area contributed by atoms with E-state index in [4.69, 9.17) is 0 Å². The van der Waals surface area contributed by atoms with Crippen LogP contribution in [0.3, 0.4) is 0 Å². The monoisotopic (exact) mass is 468 g/mol. The van der Waals surface area contributed by atoms with Gasteiger partial charge in [-0.15, -0.1) is 11.8 Å². The van der Waals surface area contributed by atoms with Gasteiger partial charge in [0.2, 0.25) is 10.8 Å². The maximum atomic E-state index is 14.0. The van der Waals surface area contributed by atoms with Gasteiger partial charge < -0.3 is 4.90 Å². The zero-order valence-corrected chi connectivity index (χ0v) is 18.4. The van der Waals surface area contributed by atoms with Crippen LogP contribution in [0.2, 0.25) is 0 Å². The average Bonchev–Trinajstić information content (AvgIpc) is 3.26. The first kappa shape index (κ1) is 21.6. The Hall–Kier alpha value is -3.26. The van der Waals surface area contributed by atoms with Gasteiger partial charge in [-0.25, -0.2) is 0 Å². The molecule has 2 aliphatic rings. The predicted octanol–water partition coefficient (Wildman–Crippen LogP) is 5.49. The summed E-state index contributed by atoms with van der Waals surface area (Å²) in [4.78, 5) is 28.4. The summed E-state index contributed by atoms with van der Waals surface area (Å²) in [5, 5.41) is 0. The minimum absolute atomic E-state index is 0.00527. The van der Waals surface area contributed by atoms with Gasteiger partial charge in [0.1, 0.15) is 0 Å². The Kier molecular flexibility index (Phi) is 5.01. The first-order valence-corrected chi connectivity index (χ1v) is 11.3. The third kappa shape index (κ3) is 3.40. The second-order valence-electron chi connectivity index (χ2n) is 8.10. The molecule has 0 aromatic heterocycles. The highest BCUT2D eigenvalue weighted by Gasteiger charge is 2.61. The number of carbonyl (C=O) groups excluding carboxylic acids is 2. The van der Waals surface area contributed by atoms with Gasteiger partial charge in [0.05, 0.1) is 23.5 Å². The number of halogens is 3. The molecule has 0 N–H and O–H groups in total. The molecule has 3 aromatic carbocycles. The SMILES string of the molecule is Cc1ccc(CN2C(=O)C3(SCC(=O)N3c3cccc(C(F)(F)F)c3)c3ccccc32)cc1. The second kappa shape index (κ2) is 7.66. The summed E-state index contributed by atoms with van der Waals surface area (Å²) in [7, 11) is 0. The summed E-state index contributed by atoms with van der Waals surface area (Å²) in [6.07, 6.45) is -4.56. The maximum absolute atomic E-state index is 14.0. The first-order chi connectivity index (χ1) is 15.7. The lowest BCUT2D eigenvalue weighted by atomic mass is 10.0. The lowest BCUT2D eigenvalue weighted by Gasteiger charge is -2.33. The largest absolute Gasteiger partial charge is 0.416 e. The van der Waals surface area contributed by atoms with Gasteiger partial charge >= 0.3 is 6.18 Å². The summed E-state index contributed by atoms with van der Waals surface area (Å²) < 4.78 is 40.2. The van der Waals surface area contributed by atoms with Crippen molar-refractivity contribution in [1.82, 2.24) is 0 Å². The molecule has 2 amide bonds. The molecule has 168 valence electrons. The molecule has 4 nitrogen and oxygen atoms in total. The van der Waals surface area contributed by atoms with Crippen molar-refractivity contribution < 1.29 is 22.8 Å². The lowest BCUT2D eigenvalue weighted by molar-refractivity contribution is -0.137. The summed E-state index contributed by atoms with van der Waals surface area (Å²) in [6, 6.07) is 19.6. The highest BCUT2D eigenvalue weighted by Crippen LogP contribution is 2.56. The zero-order chi connectivity index (χ0) is 23.4. The van der Waals surface area contributed by atoms with Gasteiger partial charge in [0.25, 0.3) is 5.91 Å². The van der Waals surface area contributed by atoms with Crippen LogP contribution in [0.1, 0.15) is 22.3 Å². The van der Waals surface area contributed by atoms with Crippen molar-refractivity contribution in [2.75, 3.05) is 15.6 Å². The van der Waals surface area contributed by atoms with E-state index in [9.17, 15) is 22.8 Å². The second-order valence-corrected chi connectivity index (χ2v) is 9.27. The molecule has 0 radical (unpaired) electrons. The molecule has 0 saturated carbocycles. The lowest BCUT2D eigenvalue weighted by Crippen LogP contribution is -2.49. The fourth-order valence-corrected chi connectivity index (χ4v) is 5.77. The summed E-state index contributed by atoms with van der Waals surface area (Å²) in [5.74, 6) is -0.744. The molecule has 2 heterocycles. The van der Waals surface area contributed by atoms with Crippen LogP contribution in [-0.2, 0) is 27.2 Å². The predicted molar refractivity (Wildman–Crippen MR) is 122 cm³/mol. The highest BCUT2D eigenvalue weighted by atomic mass is 32.2. The molecule has 33 heavy (non-hydrogen) atoms. The van der Waals surface area contributed by atoms with E-state index >= 15 is 0 Å². The van der Waals surface area contributed by atoms with Crippen molar-refractivity contribution in [3.8, 4) is 0 Å². The Bertz CT molecular complexity index is 1260. The van der Waals surface area contributed by atoms with Crippen LogP contribution in [0.4, 0.5) is 24.5 Å². The standard InChI is InChI=1S/C25H19F3N2O2S/c1-16-9-11-17(12-10-16)14-29-21-8-3-2-7-20(21)24(23(29)32)30(22(31)15-33-24)19-6-4-5-18(13-19)25(26,27)28/h2-13H,14-15H2,1H3. The van der Waals surface area contributed by atoms with Crippen molar-refractivity contribution in [2.45, 2.75) is 24.5 Å². The molecule has 0 aliphatic carbocycles. The normalized spacial score (nSPS) is 20.1. The van der Waals surface area contributed by atoms with Crippen LogP contribution in [-0.4, -0.2) is 17.6 Å². The van der Waals surface area contributed by atoms with Gasteiger partial charge in [-0.2, -0.15) is 13.2 Å². The van der Waals surface area contributed by atoms with E-state index in [0.29, 0.717) is 17.8 Å². The summed E-state index contributed by atoms with van der Waals surface area (Å²) in [5.41, 5.74) is 2.46. The van der Waals surface area contributed by atoms with Crippen LogP contribution in [0.15, 0.2) is 72.8 Å². The number of para-hydroxylation sites is 1. The quantitative estimate of drug-likeness (QED) is 0.510. The van der Waals surface area contributed by atoms with Crippen LogP contribution in [0.25, 0.3) is 0 Å². The van der Waals surface area contributed by atoms with Crippen LogP contribution < -0.4 is 9.80 Å². The molecule has 0 bridgehead atoms. The summed E-state index contributed by atoms with van der Waals surface area (Å²) in [6.45, 7) is 2.27. The number of carbonyl (C=O) groups is 2. The molecule has 5 rings (SSSR count). The topological polar surface area (TPSA) is 40.6 Å². The minimum atomic E-state index is -4.56. The Morgan fingerprint density at radius 1 is 0.970 bits per heavy atom. The number of fused-ring (bicyclic) bond motifs is 2. The smallest absolute Gasteiger partial charge is 0.304 e. The molecule has 1 atom stereocenters. The van der Waals surface area contributed by atoms with Gasteiger partial charge in [-0.05, 0) is 36.8 Å². The van der Waals surface area contributed by atoms with Crippen LogP contribution in [0, 0.1) is 6.92 Å². The number of rotatable bonds is 3. The van der Waals surface area contributed by atoms with E-state index in [2.05, 4.69) is 0 Å². The Balaban J connectivity index is 1.63. The van der Waals surface area contributed by atoms with E-state index in [-0.39, 0.29) is 17.3 Å². The number of benzene rings is 3. The summed E-state index contributed by atoms with van der Waals surface area (Å²) >= 11 is 1.15. The van der Waals surface area contributed by atoms with E-state index in [1.54, 1.807) is 17.0 Å². The number of alkyl halides is 3. The van der Waals surface area contributed by atoms with Crippen LogP contribution in [0.5, 0.6) is 0 Å². The minimum Gasteiger partial charge on any atom is -0.304 e. The number of nitrogens with zero attached hydrogens (tertiary/aromatic N) is 2. The van der Waals surface area contributed by atoms with Crippen molar-refractivity contribution in [3.63, 3.8) is 0 Å². The zero-order valence-electron chi connectivity index (χ0n) is 17.6. The van der Waals surface area contributed by atoms with Crippen molar-refractivity contribution >= 4 is 35.0 Å². The fourth-order valence-electron chi connectivity index (χ4n) is 4.41. The molecule has 1 spiro atoms. The first-order valence-electron chi connectivity index (χ1n) is 10.3. The van der Waals surface area contributed by atoms with E-state index in [1.165, 1.54) is 17.0 Å². The molecule has 2 aliphatic heterocycles. The van der Waals surface area contributed by atoms with E-state index in [0.717, 1.165) is 35.0 Å². The van der Waals surface area contributed by atoms with E-state index < -0.39 is 22.5 Å². The van der Waals surface area contributed by atoms with Crippen molar-refractivity contribution in [3.05, 3.63) is 95.1 Å². The number of hydrogen-bond donors (Lipinski definition) is 0. The van der Waals surface area contributed by atoms with Crippen molar-refractivity contribution in [1.29, 1.82) is 0 Å². The number of amides is 2. The van der Waals surface area contributed by atoms with Gasteiger partial charge in [-0.3, -0.25) is 14.5 Å². The Labute approximate surface area is 193 Å². The third-order valence-electron chi connectivity index (χ3n) is 5.96. The Morgan fingerprint density at radius 3 is 2.42 bits per heavy atom. The molecule has 1 unspecified atom stereocenters. The third-order valence-corrected chi connectivity index (χ3v) is 7.34. The Morgan fingerprint density at radius 2 is 1.70 bits per heavy atom. The highest BCUT2D eigenvalue weighted by molar-refractivity contribution is 8.02. The molecular weight excluding hydrogens is 449 g/mol. The maximum Gasteiger partial charge on any atom is 0.416 e. The number of anilines is 2. The van der Waals surface area contributed by atoms with Crippen LogP contribution >= 0.6 is 11.8 Å². The molecule has 1 saturated heterocycles. The molecular formula is C25H19F3N2O2S. The fraction of sp³-hybridized carbons (Fsp3) is 0.200. The molecule has 8 heteroatoms. The van der Waals surface area contributed by atoms with Gasteiger partial charge in [0.15, 0.2) is 0 Å². The molecule has 1 fully saturated rings. The number of thioether (sulfide) groups is 1. The molecule has 3 aromatic rings. The number of aryl methyl sites for hydroxylation is 1. The van der Waals surface area contributed by atoms with Gasteiger partial charge in [0, 0.05) is 11.3 Å². The van der Waals surface area contributed by atoms with Gasteiger partial charge in [-0.1, -0.05) is 54.1 Å².